The smallest absolute Gasteiger partial charge is 0.315 e. The molecule has 0 aromatic heterocycles. The zero-order valence-electron chi connectivity index (χ0n) is 75.2. The highest BCUT2D eigenvalue weighted by Crippen LogP contribution is 2.36. The molecule has 0 radical (unpaired) electrons. The van der Waals surface area contributed by atoms with Crippen molar-refractivity contribution in [2.75, 3.05) is 109 Å². The number of thiol groups is 1. The van der Waals surface area contributed by atoms with Gasteiger partial charge in [-0.3, -0.25) is 34.1 Å². The highest BCUT2D eigenvalue weighted by Gasteiger charge is 2.38. The number of nitrogens with two attached hydrogens (primary N) is 3. The average Bonchev–Trinajstić information content (AvgIpc) is 1.64. The van der Waals surface area contributed by atoms with E-state index in [4.69, 9.17) is 44.4 Å². The van der Waals surface area contributed by atoms with Gasteiger partial charge in [-0.05, 0) is 251 Å². The first-order chi connectivity index (χ1) is 62.5. The fourth-order valence-electron chi connectivity index (χ4n) is 15.2. The maximum absolute atomic E-state index is 12.5. The van der Waals surface area contributed by atoms with Crippen molar-refractivity contribution in [2.24, 2.45) is 63.4 Å². The molecule has 2 aliphatic heterocycles. The van der Waals surface area contributed by atoms with Crippen molar-refractivity contribution in [1.29, 1.82) is 0 Å². The van der Waals surface area contributed by atoms with Gasteiger partial charge in [-0.1, -0.05) is 173 Å². The summed E-state index contributed by atoms with van der Waals surface area (Å²) in [4.78, 5) is 72.5. The number of halogens is 1. The molecule has 6 aliphatic carbocycles. The van der Waals surface area contributed by atoms with Crippen LogP contribution in [0.5, 0.6) is 28.7 Å². The first kappa shape index (κ1) is 109. The van der Waals surface area contributed by atoms with E-state index in [1.54, 1.807) is 78.6 Å². The number of carbonyl (C=O) groups is 6. The zero-order chi connectivity index (χ0) is 91.8. The lowest BCUT2D eigenvalue weighted by Crippen LogP contribution is -2.19. The van der Waals surface area contributed by atoms with Gasteiger partial charge in [-0.2, -0.15) is 12.6 Å². The van der Waals surface area contributed by atoms with Crippen LogP contribution in [0.1, 0.15) is 228 Å². The molecule has 1 saturated heterocycles. The third-order valence-electron chi connectivity index (χ3n) is 22.1. The summed E-state index contributed by atoms with van der Waals surface area (Å²) in [6.07, 6.45) is 36.8. The van der Waals surface area contributed by atoms with Gasteiger partial charge in [0.25, 0.3) is 11.8 Å². The molecule has 7 aromatic rings. The molecule has 2 amide bonds. The number of amides is 2. The third-order valence-corrected chi connectivity index (χ3v) is 27.0. The van der Waals surface area contributed by atoms with E-state index in [0.29, 0.717) is 46.3 Å². The minimum Gasteiger partial charge on any atom is -0.493 e. The maximum Gasteiger partial charge on any atom is 0.315 e. The van der Waals surface area contributed by atoms with Crippen LogP contribution in [0.3, 0.4) is 0 Å². The number of methoxy groups -OCH3 is 2. The molecule has 6 fully saturated rings. The highest BCUT2D eigenvalue weighted by molar-refractivity contribution is 14.1. The largest absolute Gasteiger partial charge is 0.493 e. The topological polar surface area (TPSA) is 332 Å². The molecule has 7 aromatic carbocycles. The summed E-state index contributed by atoms with van der Waals surface area (Å²) in [6, 6.07) is 54.8. The minimum absolute atomic E-state index is 0.0224. The molecule has 0 unspecified atom stereocenters. The van der Waals surface area contributed by atoms with E-state index in [1.165, 1.54) is 213 Å². The first-order valence-corrected chi connectivity index (χ1v) is 51.2. The van der Waals surface area contributed by atoms with Gasteiger partial charge in [0.05, 0.1) is 82.4 Å². The van der Waals surface area contributed by atoms with E-state index >= 15 is 0 Å². The van der Waals surface area contributed by atoms with Crippen LogP contribution >= 0.6 is 82.3 Å². The van der Waals surface area contributed by atoms with Gasteiger partial charge in [0.2, 0.25) is 0 Å². The predicted molar refractivity (Wildman–Crippen MR) is 530 cm³/mol. The minimum atomic E-state index is -0.518. The molecular formula is C100H139IN6O16S5. The highest BCUT2D eigenvalue weighted by atomic mass is 127. The molecule has 28 heteroatoms. The van der Waals surface area contributed by atoms with Crippen LogP contribution in [-0.4, -0.2) is 155 Å². The number of thioether (sulfide) groups is 4. The Morgan fingerprint density at radius 1 is 0.430 bits per heavy atom. The van der Waals surface area contributed by atoms with E-state index < -0.39 is 5.92 Å². The van der Waals surface area contributed by atoms with Crippen molar-refractivity contribution in [2.45, 2.75) is 206 Å². The summed E-state index contributed by atoms with van der Waals surface area (Å²) in [7, 11) is 2.74. The van der Waals surface area contributed by atoms with Crippen molar-refractivity contribution < 1.29 is 76.9 Å². The fraction of sp³-hybridized carbons (Fsp3) is 0.520. The Bertz CT molecular complexity index is 4120. The van der Waals surface area contributed by atoms with Crippen LogP contribution in [0.25, 0.3) is 0 Å². The number of hydrogen-bond donors (Lipinski definition) is 7. The first-order valence-electron chi connectivity index (χ1n) is 45.5. The normalized spacial score (nSPS) is 16.1. The monoisotopic (exact) mass is 1970 g/mol. The van der Waals surface area contributed by atoms with Gasteiger partial charge in [0.1, 0.15) is 28.7 Å². The van der Waals surface area contributed by atoms with Gasteiger partial charge in [0.15, 0.2) is 11.6 Å². The number of nitrogens with one attached hydrogen (secondary N) is 1. The Hall–Kier alpha value is -7.52. The lowest BCUT2D eigenvalue weighted by atomic mass is 9.90. The molecule has 702 valence electrons. The number of benzene rings is 7. The number of aliphatic hydroxyl groups is 2. The molecule has 9 N–H and O–H groups in total. The van der Waals surface area contributed by atoms with E-state index in [1.807, 2.05) is 66.7 Å². The summed E-state index contributed by atoms with van der Waals surface area (Å²) >= 11 is 12.6. The molecule has 22 nitrogen and oxygen atoms in total. The number of Topliss-reactive ketones (excluding diaryl/α,β-unsaturated/α-hetero) is 2. The Kier molecular flexibility index (Phi) is 58.5. The molecule has 0 atom stereocenters. The van der Waals surface area contributed by atoms with Crippen LogP contribution in [0.4, 0.5) is 0 Å². The van der Waals surface area contributed by atoms with Crippen molar-refractivity contribution >= 4 is 118 Å². The van der Waals surface area contributed by atoms with Crippen molar-refractivity contribution in [3.63, 3.8) is 0 Å². The molecule has 15 rings (SSSR count). The SMILES string of the molecule is C1CCOC1.CCO.COC(=O)CS.COC(=O)CSc1cccc(OCC2CCCCC2)c1.Ic1cccc(OCC2CCCCC2)c1.N/N=N/N.NCCSc1cccc(OCC2CCCCC2)c1.O=C1NC(=O)c2ccccc21.O=C1c2ccccc2C(=O)C1CCSc1cccc(OCC2CCCCC2)c1.OCCSc1cccc(OCC2CCCCC2)c1. The summed E-state index contributed by atoms with van der Waals surface area (Å²) in [5.41, 5.74) is 7.63. The van der Waals surface area contributed by atoms with E-state index in [0.717, 1.165) is 126 Å². The number of rotatable bonds is 29. The number of ether oxygens (including phenoxy) is 8. The Balaban J connectivity index is 0.000000231. The number of carbonyl (C=O) groups excluding carboxylic acids is 6. The van der Waals surface area contributed by atoms with Gasteiger partial charge in [-0.25, -0.2) is 0 Å². The van der Waals surface area contributed by atoms with Crippen LogP contribution in [0.15, 0.2) is 200 Å². The lowest BCUT2D eigenvalue weighted by molar-refractivity contribution is -0.138. The maximum atomic E-state index is 12.5. The molecule has 0 spiro atoms. The molecule has 2 heterocycles. The molecular weight excluding hydrogens is 1830 g/mol. The van der Waals surface area contributed by atoms with Crippen LogP contribution in [0.2, 0.25) is 0 Å². The standard InChI is InChI=1S/C24H26O3S.C16H22O3S.C15H23NOS.C15H22O2S.C13H17IO.C8H5NO2.C4H8O.C3H6O2S.C2H6O.H4N4/c25-23-20-11-4-5-12-21(20)24(26)22(23)13-14-28-19-10-6-9-18(15-19)27-16-17-7-2-1-3-8-17;1-18-16(17)12-20-15-9-5-8-14(10-15)19-11-13-6-3-2-4-7-13;2*16-9-10-18-15-8-4-7-14(11-15)17-12-13-5-2-1-3-6-13;14-12-7-4-8-13(9-12)15-10-11-5-2-1-3-6-11;10-7-5-3-1-2-4-6(5)8(11)9-7;1-2-4-5-3-1;1-5-3(4)2-6;1-2-3;1-3-4-2/h4-6,9-12,15,17,22H,1-3,7-8,13-14,16H2;5,8-10,13H,2-4,6-7,11-12H2,1H3;4,7-8,11,13H,1-3,5-6,9-10,12,16H2;4,7-8,11,13,16H,1-3,5-6,9-10,12H2;4,7-9,11H,1-3,5-6,10H2;1-4H,(H,9,10,11);1-4H2;6H,2H2,1H3;3H,2H2,1H3;(H2,1,4)(H2,2,3). The fourth-order valence-corrected chi connectivity index (χ4v) is 19.0. The summed E-state index contributed by atoms with van der Waals surface area (Å²) < 4.78 is 44.6. The van der Waals surface area contributed by atoms with Gasteiger partial charge >= 0.3 is 11.9 Å². The van der Waals surface area contributed by atoms with Crippen LogP contribution in [-0.2, 0) is 23.8 Å². The number of esters is 2. The quantitative estimate of drug-likeness (QED) is 0.00264. The molecule has 128 heavy (non-hydrogen) atoms. The van der Waals surface area contributed by atoms with Gasteiger partial charge < -0.3 is 65.5 Å². The van der Waals surface area contributed by atoms with E-state index in [9.17, 15) is 28.8 Å². The second-order valence-electron chi connectivity index (χ2n) is 31.9. The summed E-state index contributed by atoms with van der Waals surface area (Å²) in [5.74, 6) is 18.5. The third kappa shape index (κ3) is 46.0. The Morgan fingerprint density at radius 3 is 1.03 bits per heavy atom. The summed E-state index contributed by atoms with van der Waals surface area (Å²) in [5, 5.41) is 23.9. The Labute approximate surface area is 796 Å². The number of nitrogens with zero attached hydrogens (tertiary/aromatic N) is 2. The van der Waals surface area contributed by atoms with Gasteiger partial charge in [0, 0.05) is 72.2 Å². The number of ketones is 2. The zero-order valence-corrected chi connectivity index (χ0v) is 81.5. The van der Waals surface area contributed by atoms with Crippen molar-refractivity contribution in [1.82, 2.24) is 5.32 Å². The second-order valence-corrected chi connectivity index (χ2v) is 38.0. The van der Waals surface area contributed by atoms with Gasteiger partial charge in [-0.15, -0.1) is 47.0 Å². The number of hydrogen-bond acceptors (Lipinski definition) is 24. The lowest BCUT2D eigenvalue weighted by Gasteiger charge is -2.21. The number of aliphatic hydroxyl groups excluding tert-OH is 2. The Morgan fingerprint density at radius 2 is 0.742 bits per heavy atom. The van der Waals surface area contributed by atoms with Crippen LogP contribution < -0.4 is 46.4 Å². The number of imide groups is 1. The average molecular weight is 1970 g/mol. The van der Waals surface area contributed by atoms with E-state index in [2.05, 4.69) is 139 Å². The van der Waals surface area contributed by atoms with Crippen molar-refractivity contribution in [3.05, 3.63) is 196 Å². The van der Waals surface area contributed by atoms with Crippen molar-refractivity contribution in [3.8, 4) is 28.7 Å². The van der Waals surface area contributed by atoms with Crippen LogP contribution in [0, 0.1) is 39.1 Å². The predicted octanol–water partition coefficient (Wildman–Crippen LogP) is 22.1. The summed E-state index contributed by atoms with van der Waals surface area (Å²) in [6.45, 7) is 9.12. The molecule has 8 aliphatic rings. The number of fused-ring (bicyclic) bond motifs is 2. The van der Waals surface area contributed by atoms with E-state index in [-0.39, 0.29) is 54.3 Å². The second kappa shape index (κ2) is 68.5. The molecule has 5 saturated carbocycles. The molecule has 0 bridgehead atoms.